The molecule has 146 valence electrons. The number of nitrogens with zero attached hydrogens (tertiary/aromatic N) is 4. The second-order valence-corrected chi connectivity index (χ2v) is 8.32. The molecule has 4 aromatic rings. The molecule has 0 saturated carbocycles. The van der Waals surface area contributed by atoms with Gasteiger partial charge in [-0.1, -0.05) is 71.6 Å². The Morgan fingerprint density at radius 2 is 1.79 bits per heavy atom. The number of thioether (sulfide) groups is 1. The van der Waals surface area contributed by atoms with E-state index >= 15 is 0 Å². The van der Waals surface area contributed by atoms with Crippen LogP contribution in [-0.4, -0.2) is 25.9 Å². The van der Waals surface area contributed by atoms with E-state index in [4.69, 9.17) is 0 Å². The summed E-state index contributed by atoms with van der Waals surface area (Å²) >= 11 is 2.87. The predicted octanol–water partition coefficient (Wildman–Crippen LogP) is 3.81. The first kappa shape index (κ1) is 19.3. The average Bonchev–Trinajstić information content (AvgIpc) is 3.20. The lowest BCUT2D eigenvalue weighted by Crippen LogP contribution is -2.27. The van der Waals surface area contributed by atoms with Gasteiger partial charge in [-0.25, -0.2) is 4.68 Å². The molecular formula is C20H17N5O2S2. The zero-order chi connectivity index (χ0) is 20.2. The number of carbonyl (C=O) groups is 1. The molecule has 0 spiro atoms. The van der Waals surface area contributed by atoms with E-state index in [9.17, 15) is 9.59 Å². The summed E-state index contributed by atoms with van der Waals surface area (Å²) in [6.45, 7) is 2.19. The minimum Gasteiger partial charge on any atom is -0.295 e. The van der Waals surface area contributed by atoms with Gasteiger partial charge in [0.15, 0.2) is 10.0 Å². The molecule has 1 amide bonds. The highest BCUT2D eigenvalue weighted by atomic mass is 32.2. The van der Waals surface area contributed by atoms with Crippen molar-refractivity contribution in [2.24, 2.45) is 0 Å². The van der Waals surface area contributed by atoms with E-state index in [1.165, 1.54) is 21.6 Å². The summed E-state index contributed by atoms with van der Waals surface area (Å²) in [6, 6.07) is 17.0. The lowest BCUT2D eigenvalue weighted by atomic mass is 10.1. The Morgan fingerprint density at radius 3 is 2.55 bits per heavy atom. The number of anilines is 1. The molecule has 0 aliphatic heterocycles. The number of carbonyl (C=O) groups excluding carboxylic acids is 1. The van der Waals surface area contributed by atoms with Crippen LogP contribution in [0.25, 0.3) is 10.8 Å². The molecule has 0 unspecified atom stereocenters. The Morgan fingerprint density at radius 1 is 1.07 bits per heavy atom. The Balaban J connectivity index is 1.54. The van der Waals surface area contributed by atoms with Gasteiger partial charge in [-0.15, -0.1) is 10.2 Å². The Hall–Kier alpha value is -3.04. The molecule has 0 bridgehead atoms. The molecule has 0 fully saturated rings. The number of amides is 1. The largest absolute Gasteiger partial charge is 0.295 e. The highest BCUT2D eigenvalue weighted by Gasteiger charge is 2.18. The van der Waals surface area contributed by atoms with Crippen molar-refractivity contribution in [3.63, 3.8) is 0 Å². The van der Waals surface area contributed by atoms with E-state index in [1.807, 2.05) is 25.1 Å². The molecule has 0 aliphatic carbocycles. The molecule has 0 saturated heterocycles. The maximum atomic E-state index is 12.8. The van der Waals surface area contributed by atoms with E-state index in [0.717, 1.165) is 10.1 Å². The number of fused-ring (bicyclic) bond motifs is 1. The van der Waals surface area contributed by atoms with Crippen molar-refractivity contribution in [2.75, 3.05) is 5.32 Å². The minimum absolute atomic E-state index is 0.190. The zero-order valence-electron chi connectivity index (χ0n) is 15.5. The fraction of sp³-hybridized carbons (Fsp3) is 0.150. The summed E-state index contributed by atoms with van der Waals surface area (Å²) in [4.78, 5) is 25.3. The molecule has 2 aromatic carbocycles. The first-order valence-corrected chi connectivity index (χ1v) is 10.8. The highest BCUT2D eigenvalue weighted by molar-refractivity contribution is 8.00. The van der Waals surface area contributed by atoms with Gasteiger partial charge in [0, 0.05) is 17.7 Å². The van der Waals surface area contributed by atoms with Crippen LogP contribution >= 0.6 is 23.1 Å². The van der Waals surface area contributed by atoms with Crippen molar-refractivity contribution in [3.05, 3.63) is 76.2 Å². The summed E-state index contributed by atoms with van der Waals surface area (Å²) < 4.78 is 2.05. The number of hydrogen-bond acceptors (Lipinski definition) is 7. The molecule has 9 heteroatoms. The van der Waals surface area contributed by atoms with Gasteiger partial charge in [0.05, 0.1) is 5.39 Å². The quantitative estimate of drug-likeness (QED) is 0.375. The number of aryl methyl sites for hydroxylation is 1. The molecule has 4 rings (SSSR count). The Labute approximate surface area is 174 Å². The summed E-state index contributed by atoms with van der Waals surface area (Å²) in [6.07, 6.45) is 0. The monoisotopic (exact) mass is 423 g/mol. The van der Waals surface area contributed by atoms with E-state index in [0.29, 0.717) is 22.4 Å². The lowest BCUT2D eigenvalue weighted by Gasteiger charge is -2.08. The molecule has 2 aromatic heterocycles. The van der Waals surface area contributed by atoms with Crippen LogP contribution in [0.15, 0.2) is 63.7 Å². The van der Waals surface area contributed by atoms with Crippen LogP contribution in [0, 0.1) is 0 Å². The predicted molar refractivity (Wildman–Crippen MR) is 116 cm³/mol. The number of benzene rings is 2. The topological polar surface area (TPSA) is 89.8 Å². The molecule has 0 aliphatic rings. The van der Waals surface area contributed by atoms with Crippen LogP contribution in [0.1, 0.15) is 23.0 Å². The zero-order valence-corrected chi connectivity index (χ0v) is 17.2. The van der Waals surface area contributed by atoms with Gasteiger partial charge in [0.25, 0.3) is 11.5 Å². The molecule has 2 heterocycles. The van der Waals surface area contributed by atoms with Crippen molar-refractivity contribution in [3.8, 4) is 0 Å². The van der Waals surface area contributed by atoms with Crippen LogP contribution in [0.3, 0.4) is 0 Å². The summed E-state index contributed by atoms with van der Waals surface area (Å²) in [7, 11) is 0. The molecule has 0 atom stereocenters. The third-order valence-corrected chi connectivity index (χ3v) is 6.26. The normalized spacial score (nSPS) is 10.9. The smallest absolute Gasteiger partial charge is 0.278 e. The Bertz CT molecular complexity index is 1220. The van der Waals surface area contributed by atoms with Crippen molar-refractivity contribution in [1.29, 1.82) is 0 Å². The molecule has 7 nitrogen and oxygen atoms in total. The third kappa shape index (κ3) is 4.20. The fourth-order valence-electron chi connectivity index (χ4n) is 2.81. The van der Waals surface area contributed by atoms with Gasteiger partial charge in [-0.05, 0) is 18.6 Å². The van der Waals surface area contributed by atoms with Gasteiger partial charge in [-0.2, -0.15) is 5.10 Å². The molecule has 29 heavy (non-hydrogen) atoms. The third-order valence-electron chi connectivity index (χ3n) is 4.21. The van der Waals surface area contributed by atoms with Crippen LogP contribution in [0.5, 0.6) is 0 Å². The van der Waals surface area contributed by atoms with Crippen molar-refractivity contribution in [1.82, 2.24) is 20.0 Å². The van der Waals surface area contributed by atoms with Crippen LogP contribution in [-0.2, 0) is 12.3 Å². The van der Waals surface area contributed by atoms with Crippen molar-refractivity contribution in [2.45, 2.75) is 23.6 Å². The second kappa shape index (κ2) is 8.54. The first-order chi connectivity index (χ1) is 14.2. The minimum atomic E-state index is -0.417. The maximum absolute atomic E-state index is 12.8. The van der Waals surface area contributed by atoms with Crippen LogP contribution in [0.4, 0.5) is 5.13 Å². The van der Waals surface area contributed by atoms with Gasteiger partial charge in [0.2, 0.25) is 5.13 Å². The highest BCUT2D eigenvalue weighted by Crippen LogP contribution is 2.28. The van der Waals surface area contributed by atoms with Gasteiger partial charge >= 0.3 is 0 Å². The lowest BCUT2D eigenvalue weighted by molar-refractivity contribution is 0.102. The first-order valence-electron chi connectivity index (χ1n) is 8.97. The maximum Gasteiger partial charge on any atom is 0.278 e. The van der Waals surface area contributed by atoms with Gasteiger partial charge in [-0.3, -0.25) is 14.9 Å². The SMILES string of the molecule is CCn1nc(C(=O)Nc2nnc(SCc3ccccc3)s2)c2ccccc2c1=O. The second-order valence-electron chi connectivity index (χ2n) is 6.12. The summed E-state index contributed by atoms with van der Waals surface area (Å²) in [5, 5.41) is 16.6. The van der Waals surface area contributed by atoms with Crippen LogP contribution < -0.4 is 10.9 Å². The standard InChI is InChI=1S/C20H17N5O2S2/c1-2-25-18(27)15-11-7-6-10-14(15)16(24-25)17(26)21-19-22-23-20(29-19)28-12-13-8-4-3-5-9-13/h3-11H,2,12H2,1H3,(H,21,22,26). The average molecular weight is 424 g/mol. The van der Waals surface area contributed by atoms with E-state index in [1.54, 1.807) is 36.0 Å². The summed E-state index contributed by atoms with van der Waals surface area (Å²) in [5.41, 5.74) is 1.17. The van der Waals surface area contributed by atoms with Crippen molar-refractivity contribution >= 4 is 44.9 Å². The van der Waals surface area contributed by atoms with Crippen molar-refractivity contribution < 1.29 is 4.79 Å². The fourth-order valence-corrected chi connectivity index (χ4v) is 4.51. The molecule has 0 radical (unpaired) electrons. The molecular weight excluding hydrogens is 406 g/mol. The van der Waals surface area contributed by atoms with E-state index in [2.05, 4.69) is 32.7 Å². The number of nitrogens with one attached hydrogen (secondary N) is 1. The number of aromatic nitrogens is 4. The number of hydrogen-bond donors (Lipinski definition) is 1. The molecule has 1 N–H and O–H groups in total. The summed E-state index contributed by atoms with van der Waals surface area (Å²) in [5.74, 6) is 0.357. The van der Waals surface area contributed by atoms with Gasteiger partial charge < -0.3 is 0 Å². The number of rotatable bonds is 6. The van der Waals surface area contributed by atoms with Gasteiger partial charge in [0.1, 0.15) is 0 Å². The van der Waals surface area contributed by atoms with E-state index < -0.39 is 5.91 Å². The van der Waals surface area contributed by atoms with Crippen LogP contribution in [0.2, 0.25) is 0 Å². The van der Waals surface area contributed by atoms with E-state index in [-0.39, 0.29) is 11.3 Å². The Kier molecular flexibility index (Phi) is 5.68.